The SMILES string of the molecule is COc1ccc(CCNC(=O)c2cc3cccc4c3n2C[C@H](C)S4)c(OC)c1OC. The maximum absolute atomic E-state index is 13.0. The van der Waals surface area contributed by atoms with Gasteiger partial charge in [-0.25, -0.2) is 0 Å². The molecule has 1 amide bonds. The lowest BCUT2D eigenvalue weighted by Gasteiger charge is -2.22. The van der Waals surface area contributed by atoms with Gasteiger partial charge in [0.05, 0.1) is 26.8 Å². The number of carbonyl (C=O) groups excluding carboxylic acids is 1. The summed E-state index contributed by atoms with van der Waals surface area (Å²) in [6, 6.07) is 12.0. The van der Waals surface area contributed by atoms with Gasteiger partial charge in [0.15, 0.2) is 11.5 Å². The van der Waals surface area contributed by atoms with E-state index in [0.29, 0.717) is 41.2 Å². The van der Waals surface area contributed by atoms with Gasteiger partial charge in [-0.05, 0) is 24.6 Å². The number of rotatable bonds is 7. The van der Waals surface area contributed by atoms with E-state index < -0.39 is 0 Å². The molecule has 1 aromatic heterocycles. The summed E-state index contributed by atoms with van der Waals surface area (Å²) in [4.78, 5) is 14.2. The van der Waals surface area contributed by atoms with Gasteiger partial charge >= 0.3 is 0 Å². The van der Waals surface area contributed by atoms with Crippen LogP contribution in [-0.4, -0.2) is 43.6 Å². The molecule has 0 radical (unpaired) electrons. The minimum Gasteiger partial charge on any atom is -0.493 e. The van der Waals surface area contributed by atoms with E-state index in [0.717, 1.165) is 23.0 Å². The number of nitrogens with one attached hydrogen (secondary N) is 1. The van der Waals surface area contributed by atoms with Crippen LogP contribution in [0.15, 0.2) is 41.3 Å². The predicted molar refractivity (Wildman–Crippen MR) is 119 cm³/mol. The number of carbonyl (C=O) groups is 1. The summed E-state index contributed by atoms with van der Waals surface area (Å²) in [7, 11) is 4.78. The normalized spacial score (nSPS) is 15.1. The van der Waals surface area contributed by atoms with Gasteiger partial charge < -0.3 is 24.1 Å². The summed E-state index contributed by atoms with van der Waals surface area (Å²) in [5.74, 6) is 1.75. The number of aromatic nitrogens is 1. The first-order chi connectivity index (χ1) is 14.6. The summed E-state index contributed by atoms with van der Waals surface area (Å²) in [6.07, 6.45) is 0.618. The van der Waals surface area contributed by atoms with Crippen LogP contribution in [0.4, 0.5) is 0 Å². The number of hydrogen-bond donors (Lipinski definition) is 1. The van der Waals surface area contributed by atoms with Gasteiger partial charge in [-0.3, -0.25) is 4.79 Å². The first-order valence-electron chi connectivity index (χ1n) is 9.92. The fourth-order valence-corrected chi connectivity index (χ4v) is 5.19. The molecule has 1 aliphatic heterocycles. The number of benzene rings is 2. The molecule has 0 fully saturated rings. The monoisotopic (exact) mass is 426 g/mol. The van der Waals surface area contributed by atoms with E-state index in [1.807, 2.05) is 30.0 Å². The number of thioether (sulfide) groups is 1. The Bertz CT molecular complexity index is 1090. The van der Waals surface area contributed by atoms with Gasteiger partial charge in [0.25, 0.3) is 5.91 Å². The molecule has 158 valence electrons. The molecular formula is C23H26N2O4S. The Balaban J connectivity index is 1.52. The maximum Gasteiger partial charge on any atom is 0.267 e. The fraction of sp³-hybridized carbons (Fsp3) is 0.348. The van der Waals surface area contributed by atoms with Crippen molar-refractivity contribution in [1.82, 2.24) is 9.88 Å². The molecule has 2 heterocycles. The minimum absolute atomic E-state index is 0.0595. The summed E-state index contributed by atoms with van der Waals surface area (Å²) in [5.41, 5.74) is 2.82. The zero-order chi connectivity index (χ0) is 21.3. The quantitative estimate of drug-likeness (QED) is 0.615. The Morgan fingerprint density at radius 2 is 1.93 bits per heavy atom. The van der Waals surface area contributed by atoms with Crippen LogP contribution < -0.4 is 19.5 Å². The molecule has 0 spiro atoms. The largest absolute Gasteiger partial charge is 0.493 e. The molecule has 0 saturated carbocycles. The number of para-hydroxylation sites is 1. The van der Waals surface area contributed by atoms with Crippen molar-refractivity contribution in [2.24, 2.45) is 0 Å². The highest BCUT2D eigenvalue weighted by atomic mass is 32.2. The molecule has 3 aromatic rings. The average Bonchev–Trinajstić information content (AvgIpc) is 3.12. The third kappa shape index (κ3) is 3.58. The number of methoxy groups -OCH3 is 3. The van der Waals surface area contributed by atoms with E-state index in [9.17, 15) is 4.79 Å². The number of ether oxygens (including phenoxy) is 3. The van der Waals surface area contributed by atoms with Crippen molar-refractivity contribution < 1.29 is 19.0 Å². The molecule has 30 heavy (non-hydrogen) atoms. The number of hydrogen-bond acceptors (Lipinski definition) is 5. The van der Waals surface area contributed by atoms with E-state index in [1.165, 1.54) is 4.90 Å². The van der Waals surface area contributed by atoms with Crippen molar-refractivity contribution in [3.63, 3.8) is 0 Å². The van der Waals surface area contributed by atoms with Crippen LogP contribution in [0.5, 0.6) is 17.2 Å². The summed E-state index contributed by atoms with van der Waals surface area (Å²) < 4.78 is 18.5. The lowest BCUT2D eigenvalue weighted by Crippen LogP contribution is -2.29. The highest BCUT2D eigenvalue weighted by Gasteiger charge is 2.24. The average molecular weight is 427 g/mol. The van der Waals surface area contributed by atoms with Crippen LogP contribution in [-0.2, 0) is 13.0 Å². The van der Waals surface area contributed by atoms with Crippen molar-refractivity contribution in [2.45, 2.75) is 30.0 Å². The molecule has 1 aliphatic rings. The molecule has 1 N–H and O–H groups in total. The fourth-order valence-electron chi connectivity index (χ4n) is 4.04. The highest BCUT2D eigenvalue weighted by Crippen LogP contribution is 2.40. The van der Waals surface area contributed by atoms with Crippen molar-refractivity contribution in [1.29, 1.82) is 0 Å². The third-order valence-electron chi connectivity index (χ3n) is 5.35. The van der Waals surface area contributed by atoms with Gasteiger partial charge in [0.1, 0.15) is 5.69 Å². The van der Waals surface area contributed by atoms with Gasteiger partial charge in [0.2, 0.25) is 5.75 Å². The van der Waals surface area contributed by atoms with Crippen LogP contribution in [0, 0.1) is 0 Å². The third-order valence-corrected chi connectivity index (χ3v) is 6.48. The number of amides is 1. The zero-order valence-corrected chi connectivity index (χ0v) is 18.5. The smallest absolute Gasteiger partial charge is 0.267 e. The van der Waals surface area contributed by atoms with E-state index >= 15 is 0 Å². The summed E-state index contributed by atoms with van der Waals surface area (Å²) >= 11 is 1.87. The Hall–Kier alpha value is -2.80. The van der Waals surface area contributed by atoms with E-state index in [1.54, 1.807) is 21.3 Å². The molecule has 1 atom stereocenters. The number of nitrogens with zero attached hydrogens (tertiary/aromatic N) is 1. The second kappa shape index (κ2) is 8.52. The first kappa shape index (κ1) is 20.5. The highest BCUT2D eigenvalue weighted by molar-refractivity contribution is 8.00. The van der Waals surface area contributed by atoms with E-state index in [2.05, 4.69) is 35.0 Å². The second-order valence-electron chi connectivity index (χ2n) is 7.26. The van der Waals surface area contributed by atoms with Gasteiger partial charge in [-0.1, -0.05) is 25.1 Å². The van der Waals surface area contributed by atoms with Crippen molar-refractivity contribution >= 4 is 28.6 Å². The van der Waals surface area contributed by atoms with Crippen LogP contribution >= 0.6 is 11.8 Å². The standard InChI is InChI=1S/C23H26N2O4S/c1-14-13-25-17(12-16-6-5-7-19(30-14)20(16)25)23(26)24-11-10-15-8-9-18(27-2)22(29-4)21(15)28-3/h5-9,12,14H,10-11,13H2,1-4H3,(H,24,26)/t14-/m0/s1. The molecule has 6 nitrogen and oxygen atoms in total. The van der Waals surface area contributed by atoms with Gasteiger partial charge in [0, 0.05) is 34.2 Å². The lowest BCUT2D eigenvalue weighted by molar-refractivity contribution is 0.0945. The van der Waals surface area contributed by atoms with Crippen LogP contribution in [0.3, 0.4) is 0 Å². The van der Waals surface area contributed by atoms with Crippen molar-refractivity contribution in [3.8, 4) is 17.2 Å². The van der Waals surface area contributed by atoms with Crippen LogP contribution in [0.1, 0.15) is 23.0 Å². The van der Waals surface area contributed by atoms with Crippen molar-refractivity contribution in [2.75, 3.05) is 27.9 Å². The van der Waals surface area contributed by atoms with Crippen LogP contribution in [0.25, 0.3) is 10.9 Å². The Kier molecular flexibility index (Phi) is 5.81. The Morgan fingerprint density at radius 3 is 2.67 bits per heavy atom. The molecular weight excluding hydrogens is 400 g/mol. The molecule has 0 aliphatic carbocycles. The molecule has 0 bridgehead atoms. The minimum atomic E-state index is -0.0595. The maximum atomic E-state index is 13.0. The first-order valence-corrected chi connectivity index (χ1v) is 10.8. The Morgan fingerprint density at radius 1 is 1.13 bits per heavy atom. The zero-order valence-electron chi connectivity index (χ0n) is 17.7. The summed E-state index contributed by atoms with van der Waals surface area (Å²) in [5, 5.41) is 4.60. The van der Waals surface area contributed by atoms with E-state index in [-0.39, 0.29) is 5.91 Å². The van der Waals surface area contributed by atoms with Gasteiger partial charge in [-0.15, -0.1) is 11.8 Å². The molecule has 7 heteroatoms. The van der Waals surface area contributed by atoms with Crippen LogP contribution in [0.2, 0.25) is 0 Å². The molecule has 4 rings (SSSR count). The lowest BCUT2D eigenvalue weighted by atomic mass is 10.1. The van der Waals surface area contributed by atoms with E-state index in [4.69, 9.17) is 14.2 Å². The Labute approximate surface area is 180 Å². The molecule has 0 unspecified atom stereocenters. The topological polar surface area (TPSA) is 61.7 Å². The van der Waals surface area contributed by atoms with Gasteiger partial charge in [-0.2, -0.15) is 0 Å². The van der Waals surface area contributed by atoms with Crippen molar-refractivity contribution in [3.05, 3.63) is 47.7 Å². The predicted octanol–water partition coefficient (Wildman–Crippen LogP) is 4.13. The molecule has 2 aromatic carbocycles. The summed E-state index contributed by atoms with van der Waals surface area (Å²) in [6.45, 7) is 3.51. The second-order valence-corrected chi connectivity index (χ2v) is 8.74. The molecule has 0 saturated heterocycles.